The quantitative estimate of drug-likeness (QED) is 0.755. The summed E-state index contributed by atoms with van der Waals surface area (Å²) in [7, 11) is 1.67. The predicted octanol–water partition coefficient (Wildman–Crippen LogP) is 1.70. The SMILES string of the molecule is C=CCCN(C)C(=O)NCc1ccc(C(=O)O)o1. The first-order valence-electron chi connectivity index (χ1n) is 5.46. The molecule has 1 aromatic heterocycles. The van der Waals surface area contributed by atoms with Crippen molar-refractivity contribution in [1.82, 2.24) is 10.2 Å². The molecule has 0 unspecified atom stereocenters. The number of carboxylic acid groups (broad SMARTS) is 1. The molecular formula is C12H16N2O4. The Morgan fingerprint density at radius 3 is 2.83 bits per heavy atom. The largest absolute Gasteiger partial charge is 0.475 e. The molecule has 0 aliphatic heterocycles. The Bertz CT molecular complexity index is 439. The van der Waals surface area contributed by atoms with Crippen molar-refractivity contribution in [3.8, 4) is 0 Å². The van der Waals surface area contributed by atoms with Crippen molar-refractivity contribution in [2.24, 2.45) is 0 Å². The highest BCUT2D eigenvalue weighted by molar-refractivity contribution is 5.84. The third-order valence-electron chi connectivity index (χ3n) is 2.30. The molecule has 0 aliphatic carbocycles. The number of aromatic carboxylic acids is 1. The fraction of sp³-hybridized carbons (Fsp3) is 0.333. The van der Waals surface area contributed by atoms with Gasteiger partial charge in [-0.25, -0.2) is 9.59 Å². The van der Waals surface area contributed by atoms with Crippen molar-refractivity contribution >= 4 is 12.0 Å². The number of urea groups is 1. The molecule has 6 heteroatoms. The number of amides is 2. The first-order chi connectivity index (χ1) is 8.54. The molecule has 1 rings (SSSR count). The summed E-state index contributed by atoms with van der Waals surface area (Å²) in [5.74, 6) is -0.868. The summed E-state index contributed by atoms with van der Waals surface area (Å²) in [5.41, 5.74) is 0. The van der Waals surface area contributed by atoms with Crippen molar-refractivity contribution in [2.45, 2.75) is 13.0 Å². The normalized spacial score (nSPS) is 9.83. The lowest BCUT2D eigenvalue weighted by molar-refractivity contribution is 0.0660. The molecule has 2 N–H and O–H groups in total. The number of nitrogens with one attached hydrogen (secondary N) is 1. The van der Waals surface area contributed by atoms with E-state index in [2.05, 4.69) is 11.9 Å². The highest BCUT2D eigenvalue weighted by Crippen LogP contribution is 2.07. The lowest BCUT2D eigenvalue weighted by Gasteiger charge is -2.16. The molecule has 1 heterocycles. The fourth-order valence-electron chi connectivity index (χ4n) is 1.27. The molecule has 0 saturated heterocycles. The van der Waals surface area contributed by atoms with Crippen LogP contribution in [0.15, 0.2) is 29.2 Å². The Morgan fingerprint density at radius 2 is 2.28 bits per heavy atom. The summed E-state index contributed by atoms with van der Waals surface area (Å²) >= 11 is 0. The van der Waals surface area contributed by atoms with E-state index in [1.54, 1.807) is 13.1 Å². The van der Waals surface area contributed by atoms with E-state index in [0.717, 1.165) is 0 Å². The van der Waals surface area contributed by atoms with Crippen molar-refractivity contribution < 1.29 is 19.1 Å². The zero-order chi connectivity index (χ0) is 13.5. The number of hydrogen-bond acceptors (Lipinski definition) is 3. The van der Waals surface area contributed by atoms with Crippen LogP contribution in [0.5, 0.6) is 0 Å². The molecule has 0 radical (unpaired) electrons. The van der Waals surface area contributed by atoms with Gasteiger partial charge in [0.1, 0.15) is 5.76 Å². The molecule has 0 atom stereocenters. The summed E-state index contributed by atoms with van der Waals surface area (Å²) in [6.07, 6.45) is 2.45. The van der Waals surface area contributed by atoms with Crippen molar-refractivity contribution in [2.75, 3.05) is 13.6 Å². The van der Waals surface area contributed by atoms with E-state index in [4.69, 9.17) is 9.52 Å². The van der Waals surface area contributed by atoms with Crippen LogP contribution in [-0.2, 0) is 6.54 Å². The number of hydrogen-bond donors (Lipinski definition) is 2. The average molecular weight is 252 g/mol. The van der Waals surface area contributed by atoms with Gasteiger partial charge in [-0.15, -0.1) is 6.58 Å². The molecule has 0 aliphatic rings. The van der Waals surface area contributed by atoms with Gasteiger partial charge in [0.15, 0.2) is 0 Å². The third kappa shape index (κ3) is 3.97. The smallest absolute Gasteiger partial charge is 0.371 e. The molecule has 18 heavy (non-hydrogen) atoms. The molecule has 0 saturated carbocycles. The van der Waals surface area contributed by atoms with Crippen LogP contribution in [0, 0.1) is 0 Å². The number of rotatable bonds is 6. The van der Waals surface area contributed by atoms with Gasteiger partial charge in [0.2, 0.25) is 5.76 Å². The van der Waals surface area contributed by atoms with Gasteiger partial charge in [0.25, 0.3) is 0 Å². The molecule has 6 nitrogen and oxygen atoms in total. The minimum Gasteiger partial charge on any atom is -0.475 e. The van der Waals surface area contributed by atoms with Gasteiger partial charge in [0.05, 0.1) is 6.54 Å². The number of carbonyl (C=O) groups is 2. The zero-order valence-electron chi connectivity index (χ0n) is 10.2. The minimum absolute atomic E-state index is 0.140. The molecule has 0 spiro atoms. The van der Waals surface area contributed by atoms with Crippen LogP contribution >= 0.6 is 0 Å². The molecule has 0 fully saturated rings. The molecule has 1 aromatic rings. The van der Waals surface area contributed by atoms with E-state index in [1.807, 2.05) is 0 Å². The Hall–Kier alpha value is -2.24. The monoisotopic (exact) mass is 252 g/mol. The Balaban J connectivity index is 2.41. The summed E-state index contributed by atoms with van der Waals surface area (Å²) in [6, 6.07) is 2.63. The second kappa shape index (κ2) is 6.48. The number of nitrogens with zero attached hydrogens (tertiary/aromatic N) is 1. The second-order valence-electron chi connectivity index (χ2n) is 3.73. The van der Waals surface area contributed by atoms with Crippen LogP contribution in [0.3, 0.4) is 0 Å². The van der Waals surface area contributed by atoms with Crippen molar-refractivity contribution in [3.05, 3.63) is 36.3 Å². The van der Waals surface area contributed by atoms with Crippen LogP contribution in [0.25, 0.3) is 0 Å². The Labute approximate surface area is 105 Å². The molecular weight excluding hydrogens is 236 g/mol. The maximum absolute atomic E-state index is 11.6. The fourth-order valence-corrected chi connectivity index (χ4v) is 1.27. The van der Waals surface area contributed by atoms with E-state index in [1.165, 1.54) is 17.0 Å². The first kappa shape index (κ1) is 13.8. The lowest BCUT2D eigenvalue weighted by Crippen LogP contribution is -2.37. The van der Waals surface area contributed by atoms with Crippen LogP contribution in [0.2, 0.25) is 0 Å². The molecule has 2 amide bonds. The van der Waals surface area contributed by atoms with Crippen molar-refractivity contribution in [3.63, 3.8) is 0 Å². The highest BCUT2D eigenvalue weighted by Gasteiger charge is 2.11. The van der Waals surface area contributed by atoms with E-state index < -0.39 is 5.97 Å². The zero-order valence-corrected chi connectivity index (χ0v) is 10.2. The van der Waals surface area contributed by atoms with Gasteiger partial charge in [-0.2, -0.15) is 0 Å². The molecule has 98 valence electrons. The van der Waals surface area contributed by atoms with E-state index in [-0.39, 0.29) is 18.3 Å². The van der Waals surface area contributed by atoms with Crippen LogP contribution in [-0.4, -0.2) is 35.6 Å². The summed E-state index contributed by atoms with van der Waals surface area (Å²) in [4.78, 5) is 23.7. The van der Waals surface area contributed by atoms with Gasteiger partial charge in [-0.3, -0.25) is 0 Å². The summed E-state index contributed by atoms with van der Waals surface area (Å²) in [5, 5.41) is 11.3. The van der Waals surface area contributed by atoms with Crippen LogP contribution < -0.4 is 5.32 Å². The lowest BCUT2D eigenvalue weighted by atomic mass is 10.4. The first-order valence-corrected chi connectivity index (χ1v) is 5.46. The maximum atomic E-state index is 11.6. The van der Waals surface area contributed by atoms with Gasteiger partial charge < -0.3 is 19.7 Å². The maximum Gasteiger partial charge on any atom is 0.371 e. The highest BCUT2D eigenvalue weighted by atomic mass is 16.4. The molecule has 0 bridgehead atoms. The topological polar surface area (TPSA) is 82.8 Å². The second-order valence-corrected chi connectivity index (χ2v) is 3.73. The summed E-state index contributed by atoms with van der Waals surface area (Å²) in [6.45, 7) is 4.31. The van der Waals surface area contributed by atoms with Gasteiger partial charge in [-0.1, -0.05) is 6.08 Å². The molecule has 0 aromatic carbocycles. The predicted molar refractivity (Wildman–Crippen MR) is 65.3 cm³/mol. The standard InChI is InChI=1S/C12H16N2O4/c1-3-4-7-14(2)12(17)13-8-9-5-6-10(18-9)11(15)16/h3,5-6H,1,4,7-8H2,2H3,(H,13,17)(H,15,16). The van der Waals surface area contributed by atoms with E-state index >= 15 is 0 Å². The van der Waals surface area contributed by atoms with E-state index in [9.17, 15) is 9.59 Å². The van der Waals surface area contributed by atoms with Gasteiger partial charge in [0, 0.05) is 13.6 Å². The van der Waals surface area contributed by atoms with Crippen molar-refractivity contribution in [1.29, 1.82) is 0 Å². The Morgan fingerprint density at radius 1 is 1.56 bits per heavy atom. The number of carboxylic acids is 1. The van der Waals surface area contributed by atoms with Crippen LogP contribution in [0.4, 0.5) is 4.79 Å². The summed E-state index contributed by atoms with van der Waals surface area (Å²) < 4.78 is 5.01. The third-order valence-corrected chi connectivity index (χ3v) is 2.30. The average Bonchev–Trinajstić information content (AvgIpc) is 2.81. The van der Waals surface area contributed by atoms with E-state index in [0.29, 0.717) is 18.7 Å². The number of carbonyl (C=O) groups excluding carboxylic acids is 1. The van der Waals surface area contributed by atoms with Crippen LogP contribution in [0.1, 0.15) is 22.7 Å². The van der Waals surface area contributed by atoms with Gasteiger partial charge >= 0.3 is 12.0 Å². The van der Waals surface area contributed by atoms with Gasteiger partial charge in [-0.05, 0) is 18.6 Å². The minimum atomic E-state index is -1.13. The Kier molecular flexibility index (Phi) is 4.98. The number of furan rings is 1.